The van der Waals surface area contributed by atoms with Crippen LogP contribution in [0.3, 0.4) is 0 Å². The second-order valence-corrected chi connectivity index (χ2v) is 3.41. The Hall–Kier alpha value is -2.51. The Labute approximate surface area is 103 Å². The van der Waals surface area contributed by atoms with E-state index in [2.05, 4.69) is 35.5 Å². The molecule has 8 nitrogen and oxygen atoms in total. The third-order valence-electron chi connectivity index (χ3n) is 2.19. The highest BCUT2D eigenvalue weighted by Gasteiger charge is 2.07. The van der Waals surface area contributed by atoms with Gasteiger partial charge in [0.15, 0.2) is 11.5 Å². The standard InChI is InChI=1S/C10H12N6O2/c1-11-8-3-2-7(14-15-8)10(17)12-5-4-9-13-6-18-16-9/h2-3,6H,4-5H2,1H3,(H,11,15)(H,12,17). The molecule has 94 valence electrons. The van der Waals surface area contributed by atoms with Gasteiger partial charge >= 0.3 is 0 Å². The van der Waals surface area contributed by atoms with Gasteiger partial charge in [0.1, 0.15) is 5.82 Å². The first-order valence-corrected chi connectivity index (χ1v) is 5.34. The summed E-state index contributed by atoms with van der Waals surface area (Å²) in [6.07, 6.45) is 1.75. The molecular weight excluding hydrogens is 236 g/mol. The number of nitrogens with zero attached hydrogens (tertiary/aromatic N) is 4. The van der Waals surface area contributed by atoms with Gasteiger partial charge in [-0.1, -0.05) is 5.16 Å². The first-order chi connectivity index (χ1) is 8.79. The molecule has 0 fully saturated rings. The van der Waals surface area contributed by atoms with E-state index in [1.807, 2.05) is 0 Å². The van der Waals surface area contributed by atoms with Gasteiger partial charge in [-0.2, -0.15) is 4.98 Å². The molecule has 2 rings (SSSR count). The summed E-state index contributed by atoms with van der Waals surface area (Å²) in [5.41, 5.74) is 0.266. The zero-order valence-electron chi connectivity index (χ0n) is 9.75. The molecule has 1 amide bonds. The number of rotatable bonds is 5. The van der Waals surface area contributed by atoms with Crippen LogP contribution in [-0.4, -0.2) is 39.8 Å². The van der Waals surface area contributed by atoms with E-state index < -0.39 is 0 Å². The Morgan fingerprint density at radius 2 is 2.28 bits per heavy atom. The van der Waals surface area contributed by atoms with Crippen LogP contribution >= 0.6 is 0 Å². The maximum atomic E-state index is 11.7. The summed E-state index contributed by atoms with van der Waals surface area (Å²) in [6, 6.07) is 3.28. The number of amides is 1. The smallest absolute Gasteiger partial charge is 0.271 e. The fraction of sp³-hybridized carbons (Fsp3) is 0.300. The van der Waals surface area contributed by atoms with Crippen molar-refractivity contribution in [1.29, 1.82) is 0 Å². The van der Waals surface area contributed by atoms with Gasteiger partial charge in [-0.25, -0.2) is 0 Å². The third kappa shape index (κ3) is 3.00. The Bertz CT molecular complexity index is 496. The van der Waals surface area contributed by atoms with Crippen LogP contribution in [0.1, 0.15) is 16.3 Å². The molecule has 2 N–H and O–H groups in total. The number of aromatic nitrogens is 4. The quantitative estimate of drug-likeness (QED) is 0.759. The molecule has 0 aliphatic rings. The van der Waals surface area contributed by atoms with Gasteiger partial charge in [-0.3, -0.25) is 4.79 Å². The molecule has 0 atom stereocenters. The summed E-state index contributed by atoms with van der Waals surface area (Å²) < 4.78 is 4.58. The van der Waals surface area contributed by atoms with Gasteiger partial charge in [0.05, 0.1) is 0 Å². The number of carbonyl (C=O) groups excluding carboxylic acids is 1. The van der Waals surface area contributed by atoms with Crippen molar-refractivity contribution in [1.82, 2.24) is 25.7 Å². The lowest BCUT2D eigenvalue weighted by Crippen LogP contribution is -2.27. The van der Waals surface area contributed by atoms with Gasteiger partial charge in [0.2, 0.25) is 6.39 Å². The lowest BCUT2D eigenvalue weighted by Gasteiger charge is -2.03. The Morgan fingerprint density at radius 1 is 1.39 bits per heavy atom. The van der Waals surface area contributed by atoms with Gasteiger partial charge < -0.3 is 15.2 Å². The van der Waals surface area contributed by atoms with Crippen LogP contribution in [0.4, 0.5) is 5.82 Å². The van der Waals surface area contributed by atoms with Crippen LogP contribution in [0, 0.1) is 0 Å². The summed E-state index contributed by atoms with van der Waals surface area (Å²) in [4.78, 5) is 15.5. The highest BCUT2D eigenvalue weighted by Crippen LogP contribution is 2.00. The van der Waals surface area contributed by atoms with Crippen LogP contribution in [0.15, 0.2) is 23.0 Å². The van der Waals surface area contributed by atoms with Crippen molar-refractivity contribution in [2.24, 2.45) is 0 Å². The van der Waals surface area contributed by atoms with Crippen molar-refractivity contribution < 1.29 is 9.32 Å². The first kappa shape index (κ1) is 12.0. The van der Waals surface area contributed by atoms with E-state index in [1.54, 1.807) is 19.2 Å². The predicted octanol–water partition coefficient (Wildman–Crippen LogP) is -0.126. The molecule has 2 aromatic heterocycles. The summed E-state index contributed by atoms with van der Waals surface area (Å²) >= 11 is 0. The molecule has 2 aromatic rings. The van der Waals surface area contributed by atoms with Crippen molar-refractivity contribution in [3.8, 4) is 0 Å². The minimum absolute atomic E-state index is 0.266. The molecule has 18 heavy (non-hydrogen) atoms. The lowest BCUT2D eigenvalue weighted by atomic mass is 10.3. The van der Waals surface area contributed by atoms with Crippen LogP contribution in [0.5, 0.6) is 0 Å². The number of anilines is 1. The molecule has 0 aromatic carbocycles. The van der Waals surface area contributed by atoms with Gasteiger partial charge in [-0.05, 0) is 12.1 Å². The van der Waals surface area contributed by atoms with E-state index in [9.17, 15) is 4.79 Å². The zero-order valence-corrected chi connectivity index (χ0v) is 9.75. The summed E-state index contributed by atoms with van der Waals surface area (Å²) in [7, 11) is 1.73. The van der Waals surface area contributed by atoms with Gasteiger partial charge in [-0.15, -0.1) is 10.2 Å². The highest BCUT2D eigenvalue weighted by atomic mass is 16.5. The predicted molar refractivity (Wildman–Crippen MR) is 61.9 cm³/mol. The molecule has 0 saturated heterocycles. The van der Waals surface area contributed by atoms with Crippen molar-refractivity contribution in [2.75, 3.05) is 18.9 Å². The van der Waals surface area contributed by atoms with E-state index >= 15 is 0 Å². The summed E-state index contributed by atoms with van der Waals surface area (Å²) in [6.45, 7) is 0.411. The van der Waals surface area contributed by atoms with E-state index in [0.717, 1.165) is 0 Å². The number of hydrogen-bond donors (Lipinski definition) is 2. The van der Waals surface area contributed by atoms with Crippen molar-refractivity contribution in [3.05, 3.63) is 30.0 Å². The van der Waals surface area contributed by atoms with Crippen molar-refractivity contribution >= 4 is 11.7 Å². The fourth-order valence-corrected chi connectivity index (χ4v) is 1.27. The molecule has 0 bridgehead atoms. The number of nitrogens with one attached hydrogen (secondary N) is 2. The Balaban J connectivity index is 1.83. The highest BCUT2D eigenvalue weighted by molar-refractivity contribution is 5.92. The maximum absolute atomic E-state index is 11.7. The first-order valence-electron chi connectivity index (χ1n) is 5.34. The average Bonchev–Trinajstić information content (AvgIpc) is 2.92. The molecule has 2 heterocycles. The fourth-order valence-electron chi connectivity index (χ4n) is 1.27. The van der Waals surface area contributed by atoms with E-state index in [-0.39, 0.29) is 11.6 Å². The Kier molecular flexibility index (Phi) is 3.79. The number of hydrogen-bond acceptors (Lipinski definition) is 7. The monoisotopic (exact) mass is 248 g/mol. The summed E-state index contributed by atoms with van der Waals surface area (Å²) in [5.74, 6) is 0.874. The molecule has 0 spiro atoms. The van der Waals surface area contributed by atoms with E-state index in [4.69, 9.17) is 0 Å². The molecule has 0 unspecified atom stereocenters. The maximum Gasteiger partial charge on any atom is 0.271 e. The van der Waals surface area contributed by atoms with Crippen LogP contribution < -0.4 is 10.6 Å². The molecule has 8 heteroatoms. The van der Waals surface area contributed by atoms with E-state index in [1.165, 1.54) is 6.39 Å². The van der Waals surface area contributed by atoms with Crippen LogP contribution in [-0.2, 0) is 6.42 Å². The van der Waals surface area contributed by atoms with Crippen molar-refractivity contribution in [3.63, 3.8) is 0 Å². The van der Waals surface area contributed by atoms with E-state index in [0.29, 0.717) is 24.6 Å². The molecule has 0 aliphatic heterocycles. The SMILES string of the molecule is CNc1ccc(C(=O)NCCc2ncon2)nn1. The zero-order chi connectivity index (χ0) is 12.8. The topological polar surface area (TPSA) is 106 Å². The normalized spacial score (nSPS) is 10.1. The number of carbonyl (C=O) groups is 1. The largest absolute Gasteiger partial charge is 0.372 e. The summed E-state index contributed by atoms with van der Waals surface area (Å²) in [5, 5.41) is 16.8. The Morgan fingerprint density at radius 3 is 2.89 bits per heavy atom. The van der Waals surface area contributed by atoms with Crippen LogP contribution in [0.2, 0.25) is 0 Å². The molecular formula is C10H12N6O2. The molecule has 0 saturated carbocycles. The van der Waals surface area contributed by atoms with Gasteiger partial charge in [0.25, 0.3) is 5.91 Å². The molecule has 0 aliphatic carbocycles. The second kappa shape index (κ2) is 5.71. The van der Waals surface area contributed by atoms with Gasteiger partial charge in [0, 0.05) is 20.0 Å². The van der Waals surface area contributed by atoms with Crippen LogP contribution in [0.25, 0.3) is 0 Å². The average molecular weight is 248 g/mol. The minimum Gasteiger partial charge on any atom is -0.372 e. The lowest BCUT2D eigenvalue weighted by molar-refractivity contribution is 0.0948. The third-order valence-corrected chi connectivity index (χ3v) is 2.19. The van der Waals surface area contributed by atoms with Crippen molar-refractivity contribution in [2.45, 2.75) is 6.42 Å². The minimum atomic E-state index is -0.284. The molecule has 0 radical (unpaired) electrons. The second-order valence-electron chi connectivity index (χ2n) is 3.41.